The van der Waals surface area contributed by atoms with Crippen molar-refractivity contribution in [1.29, 1.82) is 0 Å². The molecule has 1 fully saturated rings. The predicted molar refractivity (Wildman–Crippen MR) is 76.0 cm³/mol. The summed E-state index contributed by atoms with van der Waals surface area (Å²) in [6.45, 7) is 0.778. The zero-order valence-electron chi connectivity index (χ0n) is 11.2. The van der Waals surface area contributed by atoms with E-state index in [1.807, 2.05) is 18.2 Å². The highest BCUT2D eigenvalue weighted by atomic mass is 35.5. The number of para-hydroxylation sites is 1. The molecule has 4 nitrogen and oxygen atoms in total. The fourth-order valence-electron chi connectivity index (χ4n) is 2.47. The summed E-state index contributed by atoms with van der Waals surface area (Å²) in [6.07, 6.45) is 1.77. The van der Waals surface area contributed by atoms with E-state index in [0.717, 1.165) is 25.1 Å². The monoisotopic (exact) mass is 285 g/mol. The molecule has 0 saturated carbocycles. The standard InChI is InChI=1S/C14H19NO3.ClH/c1-17-13-6-4-3-5-11(13)10-7-8-12(15-9-10)14(16)18-2;/h3-6,10,12,15H,7-9H2,1-2H3;1H. The maximum atomic E-state index is 11.4. The van der Waals surface area contributed by atoms with Gasteiger partial charge < -0.3 is 14.8 Å². The van der Waals surface area contributed by atoms with Crippen molar-refractivity contribution in [3.63, 3.8) is 0 Å². The van der Waals surface area contributed by atoms with Gasteiger partial charge in [-0.05, 0) is 24.5 Å². The molecule has 0 aromatic heterocycles. The molecular formula is C14H20ClNO3. The molecule has 19 heavy (non-hydrogen) atoms. The molecule has 2 rings (SSSR count). The van der Waals surface area contributed by atoms with E-state index in [1.165, 1.54) is 12.7 Å². The van der Waals surface area contributed by atoms with Crippen molar-refractivity contribution in [2.45, 2.75) is 24.8 Å². The van der Waals surface area contributed by atoms with E-state index in [2.05, 4.69) is 11.4 Å². The lowest BCUT2D eigenvalue weighted by molar-refractivity contribution is -0.143. The first kappa shape index (κ1) is 15.8. The molecule has 1 aliphatic rings. The summed E-state index contributed by atoms with van der Waals surface area (Å²) in [4.78, 5) is 11.4. The van der Waals surface area contributed by atoms with Crippen molar-refractivity contribution in [3.05, 3.63) is 29.8 Å². The predicted octanol–water partition coefficient (Wildman–Crippen LogP) is 2.13. The summed E-state index contributed by atoms with van der Waals surface area (Å²) < 4.78 is 10.1. The zero-order valence-corrected chi connectivity index (χ0v) is 12.0. The van der Waals surface area contributed by atoms with Crippen molar-refractivity contribution >= 4 is 18.4 Å². The quantitative estimate of drug-likeness (QED) is 0.865. The molecule has 1 aromatic rings. The van der Waals surface area contributed by atoms with Crippen molar-refractivity contribution in [2.75, 3.05) is 20.8 Å². The molecule has 0 radical (unpaired) electrons. The third-order valence-corrected chi connectivity index (χ3v) is 3.48. The van der Waals surface area contributed by atoms with Crippen LogP contribution in [0.15, 0.2) is 24.3 Å². The van der Waals surface area contributed by atoms with Gasteiger partial charge in [0.05, 0.1) is 14.2 Å². The average molecular weight is 286 g/mol. The lowest BCUT2D eigenvalue weighted by Gasteiger charge is -2.29. The number of hydrogen-bond acceptors (Lipinski definition) is 4. The normalized spacial score (nSPS) is 22.2. The van der Waals surface area contributed by atoms with Gasteiger partial charge in [-0.15, -0.1) is 12.4 Å². The van der Waals surface area contributed by atoms with E-state index in [0.29, 0.717) is 5.92 Å². The number of carbonyl (C=O) groups is 1. The number of hydrogen-bond donors (Lipinski definition) is 1. The second-order valence-electron chi connectivity index (χ2n) is 4.50. The number of nitrogens with one attached hydrogen (secondary N) is 1. The number of methoxy groups -OCH3 is 2. The Morgan fingerprint density at radius 3 is 2.58 bits per heavy atom. The number of rotatable bonds is 3. The topological polar surface area (TPSA) is 47.6 Å². The summed E-state index contributed by atoms with van der Waals surface area (Å²) in [5.41, 5.74) is 1.20. The van der Waals surface area contributed by atoms with Gasteiger partial charge >= 0.3 is 5.97 Å². The molecule has 0 spiro atoms. The van der Waals surface area contributed by atoms with Gasteiger partial charge in [-0.25, -0.2) is 0 Å². The number of carbonyl (C=O) groups excluding carboxylic acids is 1. The first-order chi connectivity index (χ1) is 8.76. The molecular weight excluding hydrogens is 266 g/mol. The van der Waals surface area contributed by atoms with Gasteiger partial charge in [0.1, 0.15) is 11.8 Å². The number of halogens is 1. The van der Waals surface area contributed by atoms with E-state index >= 15 is 0 Å². The van der Waals surface area contributed by atoms with E-state index < -0.39 is 0 Å². The fourth-order valence-corrected chi connectivity index (χ4v) is 2.47. The summed E-state index contributed by atoms with van der Waals surface area (Å²) in [5, 5.41) is 3.24. The molecule has 0 bridgehead atoms. The Bertz CT molecular complexity index is 417. The van der Waals surface area contributed by atoms with Gasteiger partial charge in [-0.2, -0.15) is 0 Å². The number of esters is 1. The van der Waals surface area contributed by atoms with Crippen molar-refractivity contribution in [1.82, 2.24) is 5.32 Å². The SMILES string of the molecule is COC(=O)C1CCC(c2ccccc2OC)CN1.Cl. The van der Waals surface area contributed by atoms with Crippen LogP contribution in [-0.2, 0) is 9.53 Å². The van der Waals surface area contributed by atoms with Crippen LogP contribution in [0, 0.1) is 0 Å². The Morgan fingerprint density at radius 2 is 2.00 bits per heavy atom. The summed E-state index contributed by atoms with van der Waals surface area (Å²) in [6, 6.07) is 7.88. The number of piperidine rings is 1. The smallest absolute Gasteiger partial charge is 0.322 e. The molecule has 0 aliphatic carbocycles. The Balaban J connectivity index is 0.00000180. The van der Waals surface area contributed by atoms with Gasteiger partial charge in [-0.3, -0.25) is 4.79 Å². The van der Waals surface area contributed by atoms with Gasteiger partial charge in [-0.1, -0.05) is 18.2 Å². The third-order valence-electron chi connectivity index (χ3n) is 3.48. The Hall–Kier alpha value is -1.26. The highest BCUT2D eigenvalue weighted by Gasteiger charge is 2.28. The second kappa shape index (κ2) is 7.36. The molecule has 1 saturated heterocycles. The van der Waals surface area contributed by atoms with Crippen LogP contribution >= 0.6 is 12.4 Å². The van der Waals surface area contributed by atoms with Crippen molar-refractivity contribution in [2.24, 2.45) is 0 Å². The van der Waals surface area contributed by atoms with E-state index in [-0.39, 0.29) is 24.4 Å². The highest BCUT2D eigenvalue weighted by molar-refractivity contribution is 5.85. The van der Waals surface area contributed by atoms with Gasteiger partial charge in [0.2, 0.25) is 0 Å². The van der Waals surface area contributed by atoms with Crippen molar-refractivity contribution in [3.8, 4) is 5.75 Å². The van der Waals surface area contributed by atoms with E-state index in [1.54, 1.807) is 7.11 Å². The molecule has 2 atom stereocenters. The minimum atomic E-state index is -0.173. The van der Waals surface area contributed by atoms with Crippen LogP contribution in [0.5, 0.6) is 5.75 Å². The second-order valence-corrected chi connectivity index (χ2v) is 4.50. The molecule has 106 valence electrons. The van der Waals surface area contributed by atoms with Crippen LogP contribution < -0.4 is 10.1 Å². The summed E-state index contributed by atoms with van der Waals surface area (Å²) >= 11 is 0. The molecule has 0 amide bonds. The zero-order chi connectivity index (χ0) is 13.0. The van der Waals surface area contributed by atoms with Crippen LogP contribution in [-0.4, -0.2) is 32.8 Å². The highest BCUT2D eigenvalue weighted by Crippen LogP contribution is 2.31. The minimum absolute atomic E-state index is 0. The lowest BCUT2D eigenvalue weighted by Crippen LogP contribution is -2.43. The number of benzene rings is 1. The maximum absolute atomic E-state index is 11.4. The summed E-state index contributed by atoms with van der Waals surface area (Å²) in [7, 11) is 3.11. The first-order valence-corrected chi connectivity index (χ1v) is 6.20. The van der Waals surface area contributed by atoms with Gasteiger partial charge in [0, 0.05) is 12.5 Å². The molecule has 1 aromatic carbocycles. The molecule has 1 heterocycles. The Morgan fingerprint density at radius 1 is 1.26 bits per heavy atom. The van der Waals surface area contributed by atoms with Gasteiger partial charge in [0.15, 0.2) is 0 Å². The van der Waals surface area contributed by atoms with E-state index in [4.69, 9.17) is 9.47 Å². The van der Waals surface area contributed by atoms with Crippen LogP contribution in [0.2, 0.25) is 0 Å². The van der Waals surface area contributed by atoms with Crippen LogP contribution in [0.25, 0.3) is 0 Å². The number of ether oxygens (including phenoxy) is 2. The Kier molecular flexibility index (Phi) is 6.12. The largest absolute Gasteiger partial charge is 0.496 e. The third kappa shape index (κ3) is 3.61. The van der Waals surface area contributed by atoms with E-state index in [9.17, 15) is 4.79 Å². The first-order valence-electron chi connectivity index (χ1n) is 6.20. The average Bonchev–Trinajstić information content (AvgIpc) is 2.46. The molecule has 2 unspecified atom stereocenters. The fraction of sp³-hybridized carbons (Fsp3) is 0.500. The van der Waals surface area contributed by atoms with Crippen LogP contribution in [0.4, 0.5) is 0 Å². The lowest BCUT2D eigenvalue weighted by atomic mass is 9.88. The molecule has 1 aliphatic heterocycles. The maximum Gasteiger partial charge on any atom is 0.322 e. The van der Waals surface area contributed by atoms with Crippen LogP contribution in [0.1, 0.15) is 24.3 Å². The van der Waals surface area contributed by atoms with Gasteiger partial charge in [0.25, 0.3) is 0 Å². The van der Waals surface area contributed by atoms with Crippen molar-refractivity contribution < 1.29 is 14.3 Å². The Labute approximate surface area is 119 Å². The minimum Gasteiger partial charge on any atom is -0.496 e. The summed E-state index contributed by atoms with van der Waals surface area (Å²) in [5.74, 6) is 1.14. The van der Waals surface area contributed by atoms with Crippen LogP contribution in [0.3, 0.4) is 0 Å². The molecule has 5 heteroatoms. The molecule has 1 N–H and O–H groups in total.